The molecule has 0 bridgehead atoms. The van der Waals surface area contributed by atoms with E-state index in [-0.39, 0.29) is 23.7 Å². The van der Waals surface area contributed by atoms with E-state index in [1.807, 2.05) is 13.8 Å². The van der Waals surface area contributed by atoms with Crippen molar-refractivity contribution in [3.8, 4) is 0 Å². The lowest BCUT2D eigenvalue weighted by molar-refractivity contribution is -0.140. The fraction of sp³-hybridized carbons (Fsp3) is 0.625. The minimum atomic E-state index is -1.18. The van der Waals surface area contributed by atoms with Crippen molar-refractivity contribution >= 4 is 29.7 Å². The highest BCUT2D eigenvalue weighted by Crippen LogP contribution is 2.08. The van der Waals surface area contributed by atoms with Gasteiger partial charge in [0, 0.05) is 18.7 Å². The van der Waals surface area contributed by atoms with Crippen LogP contribution in [0.25, 0.3) is 0 Å². The van der Waals surface area contributed by atoms with Crippen molar-refractivity contribution in [2.45, 2.75) is 72.1 Å². The molecule has 0 aromatic carbocycles. The summed E-state index contributed by atoms with van der Waals surface area (Å²) in [6.45, 7) is 10.9. The van der Waals surface area contributed by atoms with Crippen molar-refractivity contribution in [2.75, 3.05) is 6.54 Å². The molecule has 11 nitrogen and oxygen atoms in total. The van der Waals surface area contributed by atoms with Crippen LogP contribution in [0.3, 0.4) is 0 Å². The van der Waals surface area contributed by atoms with E-state index in [1.165, 1.54) is 6.08 Å². The van der Waals surface area contributed by atoms with E-state index in [0.29, 0.717) is 13.0 Å². The molecule has 0 saturated heterocycles. The van der Waals surface area contributed by atoms with Gasteiger partial charge in [-0.3, -0.25) is 14.4 Å². The normalized spacial score (nSPS) is 22.7. The van der Waals surface area contributed by atoms with Gasteiger partial charge in [-0.2, -0.15) is 0 Å². The van der Waals surface area contributed by atoms with E-state index < -0.39 is 48.0 Å². The van der Waals surface area contributed by atoms with Crippen molar-refractivity contribution in [3.05, 3.63) is 24.3 Å². The first-order chi connectivity index (χ1) is 16.3. The average Bonchev–Trinajstić information content (AvgIpc) is 2.75. The smallest absolute Gasteiger partial charge is 0.326 e. The Labute approximate surface area is 206 Å². The number of carbonyl (C=O) groups excluding carboxylic acids is 4. The Balaban J connectivity index is 3.01. The van der Waals surface area contributed by atoms with E-state index in [0.717, 1.165) is 0 Å². The zero-order chi connectivity index (χ0) is 26.7. The maximum Gasteiger partial charge on any atom is 0.326 e. The van der Waals surface area contributed by atoms with Crippen LogP contribution in [0.5, 0.6) is 0 Å². The molecule has 196 valence electrons. The molecule has 0 spiro atoms. The number of carboxylic acid groups (broad SMARTS) is 1. The maximum absolute atomic E-state index is 13.1. The highest BCUT2D eigenvalue weighted by molar-refractivity contribution is 5.94. The Bertz CT molecular complexity index is 836. The van der Waals surface area contributed by atoms with Crippen LogP contribution in [0.2, 0.25) is 0 Å². The topological polar surface area (TPSA) is 166 Å². The van der Waals surface area contributed by atoms with Crippen molar-refractivity contribution in [1.82, 2.24) is 26.6 Å². The zero-order valence-corrected chi connectivity index (χ0v) is 21.3. The molecular weight excluding hydrogens is 454 g/mol. The second-order valence-electron chi connectivity index (χ2n) is 9.53. The van der Waals surface area contributed by atoms with Gasteiger partial charge >= 0.3 is 12.0 Å². The van der Waals surface area contributed by atoms with E-state index in [1.54, 1.807) is 45.9 Å². The van der Waals surface area contributed by atoms with Crippen molar-refractivity contribution in [1.29, 1.82) is 0 Å². The first-order valence-corrected chi connectivity index (χ1v) is 11.9. The molecule has 1 aliphatic rings. The molecule has 5 amide bonds. The number of hydrogen-bond donors (Lipinski definition) is 6. The molecule has 0 aliphatic carbocycles. The summed E-state index contributed by atoms with van der Waals surface area (Å²) in [5.41, 5.74) is 0. The number of carbonyl (C=O) groups is 5. The van der Waals surface area contributed by atoms with Crippen LogP contribution in [-0.4, -0.2) is 65.5 Å². The van der Waals surface area contributed by atoms with Gasteiger partial charge < -0.3 is 31.7 Å². The molecule has 1 aliphatic heterocycles. The van der Waals surface area contributed by atoms with Crippen molar-refractivity contribution in [2.24, 2.45) is 17.8 Å². The number of aliphatic carboxylic acids is 1. The van der Waals surface area contributed by atoms with Gasteiger partial charge in [-0.1, -0.05) is 59.8 Å². The molecule has 35 heavy (non-hydrogen) atoms. The minimum absolute atomic E-state index is 0.0109. The summed E-state index contributed by atoms with van der Waals surface area (Å²) >= 11 is 0. The van der Waals surface area contributed by atoms with Gasteiger partial charge in [-0.25, -0.2) is 9.59 Å². The first kappa shape index (κ1) is 29.7. The third kappa shape index (κ3) is 10.2. The van der Waals surface area contributed by atoms with E-state index in [9.17, 15) is 29.1 Å². The predicted octanol–water partition coefficient (Wildman–Crippen LogP) is 0.677. The van der Waals surface area contributed by atoms with Gasteiger partial charge in [-0.15, -0.1) is 0 Å². The van der Waals surface area contributed by atoms with Crippen LogP contribution in [-0.2, 0) is 19.2 Å². The Hall–Kier alpha value is -3.37. The average molecular weight is 494 g/mol. The first-order valence-electron chi connectivity index (χ1n) is 11.9. The molecule has 0 unspecified atom stereocenters. The van der Waals surface area contributed by atoms with Gasteiger partial charge in [-0.05, 0) is 24.2 Å². The molecule has 0 fully saturated rings. The number of rotatable bonds is 8. The Morgan fingerprint density at radius 1 is 0.971 bits per heavy atom. The quantitative estimate of drug-likeness (QED) is 0.272. The van der Waals surface area contributed by atoms with Crippen LogP contribution in [0.4, 0.5) is 4.79 Å². The highest BCUT2D eigenvalue weighted by atomic mass is 16.4. The molecule has 0 radical (unpaired) electrons. The number of hydrogen-bond acceptors (Lipinski definition) is 5. The lowest BCUT2D eigenvalue weighted by Crippen LogP contribution is -2.58. The van der Waals surface area contributed by atoms with Gasteiger partial charge in [0.05, 0.1) is 0 Å². The molecular formula is C24H39N5O6. The summed E-state index contributed by atoms with van der Waals surface area (Å²) in [4.78, 5) is 61.7. The minimum Gasteiger partial charge on any atom is -0.480 e. The summed E-state index contributed by atoms with van der Waals surface area (Å²) in [6.07, 6.45) is 6.66. The van der Waals surface area contributed by atoms with E-state index in [4.69, 9.17) is 0 Å². The lowest BCUT2D eigenvalue weighted by atomic mass is 10.0. The highest BCUT2D eigenvalue weighted by Gasteiger charge is 2.30. The SMILES string of the molecule is CC(C)[C@H](NC(=O)N[C@H](C(=O)N[C@H]1/C=C/CCNC(=O)/C=C/[C@H](C(C)C)NC1=O)C(C)C)C(=O)O. The fourth-order valence-corrected chi connectivity index (χ4v) is 3.27. The number of carboxylic acids is 1. The Morgan fingerprint density at radius 2 is 1.57 bits per heavy atom. The summed E-state index contributed by atoms with van der Waals surface area (Å²) in [6, 6.07) is -4.37. The van der Waals surface area contributed by atoms with Crippen molar-refractivity contribution < 1.29 is 29.1 Å². The number of urea groups is 1. The summed E-state index contributed by atoms with van der Waals surface area (Å²) in [5, 5.41) is 22.4. The molecule has 0 aromatic rings. The standard InChI is InChI=1S/C24H39N5O6/c1-13(2)16-10-11-18(30)25-12-8-7-9-17(21(31)26-16)27-22(32)19(14(3)4)28-24(35)29-20(15(5)6)23(33)34/h7,9-11,13-17,19-20H,8,12H2,1-6H3,(H,25,30)(H,26,31)(H,27,32)(H,33,34)(H2,28,29,35)/b9-7+,11-10+/t16-,17+,19+,20+/m1/s1. The van der Waals surface area contributed by atoms with Crippen molar-refractivity contribution in [3.63, 3.8) is 0 Å². The monoisotopic (exact) mass is 493 g/mol. The zero-order valence-electron chi connectivity index (χ0n) is 21.3. The van der Waals surface area contributed by atoms with Crippen LogP contribution in [0.15, 0.2) is 24.3 Å². The lowest BCUT2D eigenvalue weighted by Gasteiger charge is -2.27. The Kier molecular flexibility index (Phi) is 12.0. The molecule has 1 rings (SSSR count). The largest absolute Gasteiger partial charge is 0.480 e. The third-order valence-electron chi connectivity index (χ3n) is 5.46. The van der Waals surface area contributed by atoms with Gasteiger partial charge in [0.15, 0.2) is 0 Å². The summed E-state index contributed by atoms with van der Waals surface area (Å²) in [7, 11) is 0. The summed E-state index contributed by atoms with van der Waals surface area (Å²) < 4.78 is 0. The maximum atomic E-state index is 13.1. The molecule has 0 saturated carbocycles. The fourth-order valence-electron chi connectivity index (χ4n) is 3.27. The van der Waals surface area contributed by atoms with Crippen LogP contribution >= 0.6 is 0 Å². The molecule has 0 aromatic heterocycles. The van der Waals surface area contributed by atoms with E-state index >= 15 is 0 Å². The van der Waals surface area contributed by atoms with Crippen LogP contribution in [0.1, 0.15) is 48.0 Å². The molecule has 11 heteroatoms. The summed E-state index contributed by atoms with van der Waals surface area (Å²) in [5.74, 6) is -3.20. The number of nitrogens with one attached hydrogen (secondary N) is 5. The predicted molar refractivity (Wildman–Crippen MR) is 131 cm³/mol. The van der Waals surface area contributed by atoms with Gasteiger partial charge in [0.1, 0.15) is 18.1 Å². The molecule has 6 N–H and O–H groups in total. The third-order valence-corrected chi connectivity index (χ3v) is 5.46. The number of amides is 5. The van der Waals surface area contributed by atoms with Crippen LogP contribution < -0.4 is 26.6 Å². The Morgan fingerprint density at radius 3 is 2.11 bits per heavy atom. The van der Waals surface area contributed by atoms with E-state index in [2.05, 4.69) is 26.6 Å². The second kappa shape index (κ2) is 14.1. The van der Waals surface area contributed by atoms with Crippen LogP contribution in [0, 0.1) is 17.8 Å². The second-order valence-corrected chi connectivity index (χ2v) is 9.53. The van der Waals surface area contributed by atoms with Gasteiger partial charge in [0.25, 0.3) is 0 Å². The van der Waals surface area contributed by atoms with Gasteiger partial charge in [0.2, 0.25) is 17.7 Å². The molecule has 4 atom stereocenters. The molecule has 1 heterocycles.